The zero-order chi connectivity index (χ0) is 13.6. The Kier molecular flexibility index (Phi) is 4.26. The lowest BCUT2D eigenvalue weighted by Gasteiger charge is -2.22. The number of piperidine rings is 1. The van der Waals surface area contributed by atoms with E-state index in [0.717, 1.165) is 50.3 Å². The molecule has 4 rings (SSSR count). The molecule has 1 saturated heterocycles. The summed E-state index contributed by atoms with van der Waals surface area (Å²) >= 11 is 1.69. The first-order chi connectivity index (χ1) is 9.77. The van der Waals surface area contributed by atoms with E-state index >= 15 is 0 Å². The van der Waals surface area contributed by atoms with Gasteiger partial charge in [-0.25, -0.2) is 4.98 Å². The summed E-state index contributed by atoms with van der Waals surface area (Å²) in [6.07, 6.45) is 8.11. The van der Waals surface area contributed by atoms with Gasteiger partial charge in [-0.2, -0.15) is 0 Å². The third kappa shape index (κ3) is 2.83. The maximum absolute atomic E-state index is 12.4. The Labute approximate surface area is 135 Å². The summed E-state index contributed by atoms with van der Waals surface area (Å²) in [6, 6.07) is 0. The fourth-order valence-electron chi connectivity index (χ4n) is 3.79. The van der Waals surface area contributed by atoms with Crippen molar-refractivity contribution in [2.75, 3.05) is 18.4 Å². The standard InChI is InChI=1S/C15H21N3OS.ClH/c19-13(10-9-15(10)5-7-16-8-6-15)18-14-17-11-3-1-2-4-12(11)20-14;/h10,16H,1-9H2,(H,17,18,19);1H. The normalized spacial score (nSPS) is 25.8. The van der Waals surface area contributed by atoms with Crippen LogP contribution in [0.25, 0.3) is 0 Å². The van der Waals surface area contributed by atoms with Gasteiger partial charge >= 0.3 is 0 Å². The van der Waals surface area contributed by atoms with Crippen LogP contribution in [0, 0.1) is 11.3 Å². The number of amides is 1. The molecule has 1 aromatic rings. The molecule has 0 radical (unpaired) electrons. The van der Waals surface area contributed by atoms with E-state index in [-0.39, 0.29) is 24.2 Å². The Balaban J connectivity index is 0.00000132. The minimum absolute atomic E-state index is 0. The number of nitrogens with zero attached hydrogens (tertiary/aromatic N) is 1. The number of hydrogen-bond acceptors (Lipinski definition) is 4. The Morgan fingerprint density at radius 2 is 2.05 bits per heavy atom. The number of carbonyl (C=O) groups is 1. The number of rotatable bonds is 2. The van der Waals surface area contributed by atoms with Gasteiger partial charge in [0.25, 0.3) is 0 Å². The number of halogens is 1. The quantitative estimate of drug-likeness (QED) is 0.878. The zero-order valence-electron chi connectivity index (χ0n) is 12.1. The summed E-state index contributed by atoms with van der Waals surface area (Å²) in [5.74, 6) is 0.434. The Morgan fingerprint density at radius 1 is 1.29 bits per heavy atom. The van der Waals surface area contributed by atoms with Crippen LogP contribution in [-0.4, -0.2) is 24.0 Å². The van der Waals surface area contributed by atoms with Crippen LogP contribution in [0.5, 0.6) is 0 Å². The lowest BCUT2D eigenvalue weighted by atomic mass is 9.92. The van der Waals surface area contributed by atoms with Crippen molar-refractivity contribution >= 4 is 34.8 Å². The molecule has 2 heterocycles. The van der Waals surface area contributed by atoms with Crippen molar-refractivity contribution in [2.24, 2.45) is 11.3 Å². The van der Waals surface area contributed by atoms with Gasteiger partial charge in [-0.05, 0) is 63.5 Å². The first-order valence-corrected chi connectivity index (χ1v) is 8.59. The molecule has 1 saturated carbocycles. The number of fused-ring (bicyclic) bond motifs is 1. The largest absolute Gasteiger partial charge is 0.317 e. The molecule has 1 atom stereocenters. The second-order valence-electron chi connectivity index (χ2n) is 6.45. The highest BCUT2D eigenvalue weighted by atomic mass is 35.5. The van der Waals surface area contributed by atoms with Gasteiger partial charge in [0, 0.05) is 10.8 Å². The third-order valence-corrected chi connectivity index (χ3v) is 6.25. The average Bonchev–Trinajstić information content (AvgIpc) is 2.99. The lowest BCUT2D eigenvalue weighted by molar-refractivity contribution is -0.118. The molecule has 6 heteroatoms. The van der Waals surface area contributed by atoms with Gasteiger partial charge in [0.05, 0.1) is 5.69 Å². The first-order valence-electron chi connectivity index (χ1n) is 7.77. The summed E-state index contributed by atoms with van der Waals surface area (Å²) in [7, 11) is 0. The molecule has 0 bridgehead atoms. The monoisotopic (exact) mass is 327 g/mol. The molecule has 1 spiro atoms. The fraction of sp³-hybridized carbons (Fsp3) is 0.733. The third-order valence-electron chi connectivity index (χ3n) is 5.18. The molecule has 1 amide bonds. The van der Waals surface area contributed by atoms with Gasteiger partial charge in [0.15, 0.2) is 5.13 Å². The predicted octanol–water partition coefficient (Wildman–Crippen LogP) is 2.77. The van der Waals surface area contributed by atoms with Gasteiger partial charge < -0.3 is 10.6 Å². The topological polar surface area (TPSA) is 54.0 Å². The second kappa shape index (κ2) is 5.86. The molecule has 3 aliphatic rings. The predicted molar refractivity (Wildman–Crippen MR) is 87.3 cm³/mol. The van der Waals surface area contributed by atoms with E-state index in [1.807, 2.05) is 0 Å². The van der Waals surface area contributed by atoms with Crippen LogP contribution in [0.2, 0.25) is 0 Å². The average molecular weight is 328 g/mol. The van der Waals surface area contributed by atoms with E-state index in [4.69, 9.17) is 0 Å². The van der Waals surface area contributed by atoms with Gasteiger partial charge in [-0.3, -0.25) is 4.79 Å². The SMILES string of the molecule is Cl.O=C(Nc1nc2c(s1)CCCC2)C1CC12CCNCC2. The van der Waals surface area contributed by atoms with Crippen molar-refractivity contribution in [3.05, 3.63) is 10.6 Å². The summed E-state index contributed by atoms with van der Waals surface area (Å²) in [6.45, 7) is 2.13. The van der Waals surface area contributed by atoms with E-state index in [1.54, 1.807) is 11.3 Å². The smallest absolute Gasteiger partial charge is 0.229 e. The van der Waals surface area contributed by atoms with Crippen LogP contribution < -0.4 is 10.6 Å². The summed E-state index contributed by atoms with van der Waals surface area (Å²) in [4.78, 5) is 18.4. The molecule has 21 heavy (non-hydrogen) atoms. The van der Waals surface area contributed by atoms with Gasteiger partial charge in [0.1, 0.15) is 0 Å². The summed E-state index contributed by atoms with van der Waals surface area (Å²) in [5.41, 5.74) is 1.54. The molecule has 4 nitrogen and oxygen atoms in total. The Hall–Kier alpha value is -0.650. The molecular weight excluding hydrogens is 306 g/mol. The number of aryl methyl sites for hydroxylation is 2. The molecule has 2 aliphatic carbocycles. The Bertz CT molecular complexity index is 516. The van der Waals surface area contributed by atoms with Crippen LogP contribution in [0.15, 0.2) is 0 Å². The minimum atomic E-state index is 0. The molecule has 2 N–H and O–H groups in total. The lowest BCUT2D eigenvalue weighted by Crippen LogP contribution is -2.31. The van der Waals surface area contributed by atoms with Gasteiger partial charge in [0.2, 0.25) is 5.91 Å². The maximum atomic E-state index is 12.4. The van der Waals surface area contributed by atoms with Gasteiger partial charge in [-0.15, -0.1) is 23.7 Å². The molecule has 1 aromatic heterocycles. The number of anilines is 1. The Morgan fingerprint density at radius 3 is 2.81 bits per heavy atom. The highest BCUT2D eigenvalue weighted by molar-refractivity contribution is 7.15. The highest BCUT2D eigenvalue weighted by Crippen LogP contribution is 2.58. The number of aromatic nitrogens is 1. The molecule has 1 aliphatic heterocycles. The van der Waals surface area contributed by atoms with Gasteiger partial charge in [-0.1, -0.05) is 0 Å². The molecule has 0 aromatic carbocycles. The van der Waals surface area contributed by atoms with Crippen molar-refractivity contribution in [1.29, 1.82) is 0 Å². The van der Waals surface area contributed by atoms with Crippen molar-refractivity contribution < 1.29 is 4.79 Å². The van der Waals surface area contributed by atoms with Crippen LogP contribution in [-0.2, 0) is 17.6 Å². The van der Waals surface area contributed by atoms with Crippen molar-refractivity contribution in [3.8, 4) is 0 Å². The van der Waals surface area contributed by atoms with E-state index in [1.165, 1.54) is 23.4 Å². The van der Waals surface area contributed by atoms with Crippen LogP contribution in [0.1, 0.15) is 42.7 Å². The minimum Gasteiger partial charge on any atom is -0.317 e. The van der Waals surface area contributed by atoms with E-state index in [2.05, 4.69) is 15.6 Å². The zero-order valence-corrected chi connectivity index (χ0v) is 13.7. The van der Waals surface area contributed by atoms with Crippen molar-refractivity contribution in [3.63, 3.8) is 0 Å². The molecule has 116 valence electrons. The summed E-state index contributed by atoms with van der Waals surface area (Å²) in [5, 5.41) is 7.29. The van der Waals surface area contributed by atoms with Crippen molar-refractivity contribution in [2.45, 2.75) is 44.9 Å². The van der Waals surface area contributed by atoms with E-state index in [9.17, 15) is 4.79 Å². The summed E-state index contributed by atoms with van der Waals surface area (Å²) < 4.78 is 0. The van der Waals surface area contributed by atoms with Crippen LogP contribution >= 0.6 is 23.7 Å². The van der Waals surface area contributed by atoms with E-state index < -0.39 is 0 Å². The fourth-order valence-corrected chi connectivity index (χ4v) is 4.85. The second-order valence-corrected chi connectivity index (χ2v) is 7.54. The van der Waals surface area contributed by atoms with Crippen LogP contribution in [0.3, 0.4) is 0 Å². The number of nitrogens with one attached hydrogen (secondary N) is 2. The highest BCUT2D eigenvalue weighted by Gasteiger charge is 2.57. The number of hydrogen-bond donors (Lipinski definition) is 2. The maximum Gasteiger partial charge on any atom is 0.229 e. The van der Waals surface area contributed by atoms with Crippen molar-refractivity contribution in [1.82, 2.24) is 10.3 Å². The van der Waals surface area contributed by atoms with Crippen LogP contribution in [0.4, 0.5) is 5.13 Å². The molecular formula is C15H22ClN3OS. The number of carbonyl (C=O) groups excluding carboxylic acids is 1. The molecule has 1 unspecified atom stereocenters. The first kappa shape index (κ1) is 15.3. The van der Waals surface area contributed by atoms with E-state index in [0.29, 0.717) is 5.41 Å². The molecule has 2 fully saturated rings. The number of thiazole rings is 1.